The second kappa shape index (κ2) is 4.46. The summed E-state index contributed by atoms with van der Waals surface area (Å²) in [5.41, 5.74) is 5.13. The lowest BCUT2D eigenvalue weighted by molar-refractivity contribution is 0.671. The molecular weight excluding hydrogens is 236 g/mol. The molecule has 98 valence electrons. The first kappa shape index (κ1) is 11.2. The summed E-state index contributed by atoms with van der Waals surface area (Å²) in [4.78, 5) is 0. The molecule has 1 aromatic heterocycles. The molecule has 1 saturated carbocycles. The minimum absolute atomic E-state index is 0.713. The van der Waals surface area contributed by atoms with Gasteiger partial charge >= 0.3 is 0 Å². The maximum Gasteiger partial charge on any atom is 0.0969 e. The van der Waals surface area contributed by atoms with E-state index in [0.717, 1.165) is 17.9 Å². The Labute approximate surface area is 112 Å². The van der Waals surface area contributed by atoms with E-state index >= 15 is 0 Å². The van der Waals surface area contributed by atoms with Crippen molar-refractivity contribution in [1.82, 2.24) is 20.3 Å². The van der Waals surface area contributed by atoms with Crippen LogP contribution >= 0.6 is 0 Å². The van der Waals surface area contributed by atoms with Crippen LogP contribution < -0.4 is 5.32 Å². The molecule has 2 aliphatic carbocycles. The van der Waals surface area contributed by atoms with Crippen LogP contribution in [0.2, 0.25) is 0 Å². The van der Waals surface area contributed by atoms with Crippen molar-refractivity contribution in [1.29, 1.82) is 0 Å². The third-order valence-electron chi connectivity index (χ3n) is 4.04. The Hall–Kier alpha value is -1.68. The van der Waals surface area contributed by atoms with E-state index < -0.39 is 0 Å². The first-order chi connectivity index (χ1) is 9.38. The molecule has 19 heavy (non-hydrogen) atoms. The van der Waals surface area contributed by atoms with Crippen LogP contribution in [0.5, 0.6) is 0 Å². The van der Waals surface area contributed by atoms with Gasteiger partial charge in [0.2, 0.25) is 0 Å². The summed E-state index contributed by atoms with van der Waals surface area (Å²) in [6, 6.07) is 7.36. The van der Waals surface area contributed by atoms with Crippen LogP contribution in [0.15, 0.2) is 24.4 Å². The first-order valence-electron chi connectivity index (χ1n) is 7.15. The van der Waals surface area contributed by atoms with Gasteiger partial charge in [-0.2, -0.15) is 0 Å². The smallest absolute Gasteiger partial charge is 0.0969 e. The van der Waals surface area contributed by atoms with Gasteiger partial charge < -0.3 is 5.32 Å². The summed E-state index contributed by atoms with van der Waals surface area (Å²) in [7, 11) is 0. The number of rotatable bonds is 4. The van der Waals surface area contributed by atoms with Gasteiger partial charge in [-0.25, -0.2) is 4.68 Å². The highest BCUT2D eigenvalue weighted by molar-refractivity contribution is 5.42. The van der Waals surface area contributed by atoms with Gasteiger partial charge in [0.1, 0.15) is 0 Å². The first-order valence-corrected chi connectivity index (χ1v) is 7.15. The number of benzene rings is 1. The van der Waals surface area contributed by atoms with Crippen molar-refractivity contribution in [3.8, 4) is 5.69 Å². The van der Waals surface area contributed by atoms with Gasteiger partial charge in [-0.05, 0) is 55.4 Å². The predicted molar refractivity (Wildman–Crippen MR) is 73.2 cm³/mol. The van der Waals surface area contributed by atoms with E-state index in [-0.39, 0.29) is 0 Å². The maximum absolute atomic E-state index is 4.24. The number of nitrogens with one attached hydrogen (secondary N) is 1. The molecule has 1 fully saturated rings. The SMILES string of the molecule is c1cc2c(cc1-n1cc(CNC3CC3)nn1)CCC2. The number of hydrogen-bond donors (Lipinski definition) is 1. The Morgan fingerprint density at radius 1 is 1.21 bits per heavy atom. The summed E-state index contributed by atoms with van der Waals surface area (Å²) in [6.45, 7) is 0.829. The van der Waals surface area contributed by atoms with Crippen molar-refractivity contribution in [3.63, 3.8) is 0 Å². The predicted octanol–water partition coefficient (Wildman–Crippen LogP) is 2.01. The molecule has 2 aliphatic rings. The van der Waals surface area contributed by atoms with E-state index in [2.05, 4.69) is 33.8 Å². The van der Waals surface area contributed by atoms with Gasteiger partial charge in [0, 0.05) is 12.6 Å². The molecule has 1 N–H and O–H groups in total. The molecule has 0 radical (unpaired) electrons. The highest BCUT2D eigenvalue weighted by atomic mass is 15.4. The fraction of sp³-hybridized carbons (Fsp3) is 0.467. The van der Waals surface area contributed by atoms with Gasteiger partial charge in [0.05, 0.1) is 17.6 Å². The molecule has 4 rings (SSSR count). The zero-order valence-electron chi connectivity index (χ0n) is 11.0. The number of hydrogen-bond acceptors (Lipinski definition) is 3. The molecule has 0 spiro atoms. The van der Waals surface area contributed by atoms with E-state index in [4.69, 9.17) is 0 Å². The summed E-state index contributed by atoms with van der Waals surface area (Å²) in [5.74, 6) is 0. The van der Waals surface area contributed by atoms with Gasteiger partial charge in [-0.1, -0.05) is 11.3 Å². The summed E-state index contributed by atoms with van der Waals surface area (Å²) in [6.07, 6.45) is 8.36. The zero-order valence-corrected chi connectivity index (χ0v) is 11.0. The molecule has 0 unspecified atom stereocenters. The van der Waals surface area contributed by atoms with E-state index in [0.29, 0.717) is 6.04 Å². The van der Waals surface area contributed by atoms with Crippen molar-refractivity contribution in [2.24, 2.45) is 0 Å². The molecular formula is C15H18N4. The van der Waals surface area contributed by atoms with Crippen molar-refractivity contribution in [2.45, 2.75) is 44.7 Å². The molecule has 0 bridgehead atoms. The largest absolute Gasteiger partial charge is 0.308 e. The summed E-state index contributed by atoms with van der Waals surface area (Å²) >= 11 is 0. The topological polar surface area (TPSA) is 42.7 Å². The number of nitrogens with zero attached hydrogens (tertiary/aromatic N) is 3. The van der Waals surface area contributed by atoms with Gasteiger partial charge in [0.25, 0.3) is 0 Å². The molecule has 2 aromatic rings. The van der Waals surface area contributed by atoms with Crippen LogP contribution in [0.1, 0.15) is 36.1 Å². The molecule has 1 aromatic carbocycles. The monoisotopic (exact) mass is 254 g/mol. The average molecular weight is 254 g/mol. The molecule has 0 aliphatic heterocycles. The lowest BCUT2D eigenvalue weighted by atomic mass is 10.1. The van der Waals surface area contributed by atoms with Crippen LogP contribution in [0.3, 0.4) is 0 Å². The normalized spacial score (nSPS) is 17.7. The van der Waals surface area contributed by atoms with Crippen LogP contribution in [0.25, 0.3) is 5.69 Å². The average Bonchev–Trinajstić information content (AvgIpc) is 2.96. The highest BCUT2D eigenvalue weighted by Gasteiger charge is 2.20. The quantitative estimate of drug-likeness (QED) is 0.907. The highest BCUT2D eigenvalue weighted by Crippen LogP contribution is 2.24. The van der Waals surface area contributed by atoms with E-state index in [1.165, 1.54) is 43.2 Å². The Morgan fingerprint density at radius 2 is 2.11 bits per heavy atom. The van der Waals surface area contributed by atoms with Gasteiger partial charge in [0.15, 0.2) is 0 Å². The Balaban J connectivity index is 1.54. The van der Waals surface area contributed by atoms with E-state index in [9.17, 15) is 0 Å². The Bertz CT molecular complexity index is 598. The molecule has 0 saturated heterocycles. The van der Waals surface area contributed by atoms with Crippen LogP contribution in [0.4, 0.5) is 0 Å². The van der Waals surface area contributed by atoms with E-state index in [1.807, 2.05) is 10.9 Å². The molecule has 4 heteroatoms. The summed E-state index contributed by atoms with van der Waals surface area (Å²) < 4.78 is 1.89. The Kier molecular flexibility index (Phi) is 2.62. The second-order valence-electron chi connectivity index (χ2n) is 5.62. The lowest BCUT2D eigenvalue weighted by Crippen LogP contribution is -2.15. The fourth-order valence-electron chi connectivity index (χ4n) is 2.74. The van der Waals surface area contributed by atoms with Crippen molar-refractivity contribution in [2.75, 3.05) is 0 Å². The van der Waals surface area contributed by atoms with Crippen LogP contribution in [-0.2, 0) is 19.4 Å². The third-order valence-corrected chi connectivity index (χ3v) is 4.04. The second-order valence-corrected chi connectivity index (χ2v) is 5.62. The fourth-order valence-corrected chi connectivity index (χ4v) is 2.74. The minimum Gasteiger partial charge on any atom is -0.308 e. The number of fused-ring (bicyclic) bond motifs is 1. The molecule has 4 nitrogen and oxygen atoms in total. The van der Waals surface area contributed by atoms with Gasteiger partial charge in [-0.15, -0.1) is 5.10 Å². The minimum atomic E-state index is 0.713. The maximum atomic E-state index is 4.24. The number of aromatic nitrogens is 3. The van der Waals surface area contributed by atoms with Crippen molar-refractivity contribution >= 4 is 0 Å². The third kappa shape index (κ3) is 2.28. The van der Waals surface area contributed by atoms with E-state index in [1.54, 1.807) is 0 Å². The van der Waals surface area contributed by atoms with Gasteiger partial charge in [-0.3, -0.25) is 0 Å². The standard InChI is InChI=1S/C15H18N4/c1-2-11-4-7-15(8-12(11)3-1)19-10-14(17-18-19)9-16-13-5-6-13/h4,7-8,10,13,16H,1-3,5-6,9H2. The van der Waals surface area contributed by atoms with Crippen LogP contribution in [-0.4, -0.2) is 21.0 Å². The number of aryl methyl sites for hydroxylation is 2. The zero-order chi connectivity index (χ0) is 12.7. The summed E-state index contributed by atoms with van der Waals surface area (Å²) in [5, 5.41) is 11.9. The van der Waals surface area contributed by atoms with Crippen molar-refractivity contribution < 1.29 is 0 Å². The molecule has 1 heterocycles. The molecule has 0 atom stereocenters. The lowest BCUT2D eigenvalue weighted by Gasteiger charge is -2.03. The Morgan fingerprint density at radius 3 is 3.00 bits per heavy atom. The molecule has 0 amide bonds. The van der Waals surface area contributed by atoms with Crippen LogP contribution in [0, 0.1) is 0 Å². The van der Waals surface area contributed by atoms with Crippen molar-refractivity contribution in [3.05, 3.63) is 41.2 Å².